The summed E-state index contributed by atoms with van der Waals surface area (Å²) in [7, 11) is 0. The second kappa shape index (κ2) is 7.36. The molecule has 0 bridgehead atoms. The van der Waals surface area contributed by atoms with Crippen molar-refractivity contribution in [2.75, 3.05) is 6.61 Å². The molecule has 0 aliphatic rings. The predicted octanol–water partition coefficient (Wildman–Crippen LogP) is 2.99. The molecule has 0 aliphatic heterocycles. The van der Waals surface area contributed by atoms with E-state index in [-0.39, 0.29) is 18.2 Å². The third-order valence-corrected chi connectivity index (χ3v) is 2.83. The Hall–Kier alpha value is -1.68. The topological polar surface area (TPSA) is 69.4 Å². The van der Waals surface area contributed by atoms with Gasteiger partial charge in [-0.2, -0.15) is 0 Å². The highest BCUT2D eigenvalue weighted by molar-refractivity contribution is 5.96. The molecule has 116 valence electrons. The van der Waals surface area contributed by atoms with E-state index in [0.717, 1.165) is 0 Å². The highest BCUT2D eigenvalue weighted by atomic mass is 16.5. The molecular weight excluding hydrogens is 266 g/mol. The average Bonchev–Trinajstić information content (AvgIpc) is 2.34. The number of carbonyl (C=O) groups excluding carboxylic acids is 2. The van der Waals surface area contributed by atoms with Gasteiger partial charge in [-0.3, -0.25) is 9.59 Å². The normalized spacial score (nSPS) is 11.5. The van der Waals surface area contributed by atoms with Gasteiger partial charge in [0.15, 0.2) is 11.6 Å². The molecule has 0 saturated carbocycles. The minimum Gasteiger partial charge on any atom is -0.486 e. The van der Waals surface area contributed by atoms with Crippen LogP contribution in [0.5, 0.6) is 5.75 Å². The van der Waals surface area contributed by atoms with Crippen molar-refractivity contribution >= 4 is 11.6 Å². The molecule has 0 spiro atoms. The zero-order valence-corrected chi connectivity index (χ0v) is 13.3. The van der Waals surface area contributed by atoms with Gasteiger partial charge in [-0.05, 0) is 44.0 Å². The molecule has 2 N–H and O–H groups in total. The van der Waals surface area contributed by atoms with Crippen molar-refractivity contribution in [1.29, 1.82) is 0 Å². The standard InChI is InChI=1S/C17H25NO3/c1-12(2)9-14(19)11-21-15-7-5-13(6-8-15)16(20)10-17(3,4)18/h5-8,12H,9-11,18H2,1-4H3. The number of benzene rings is 1. The van der Waals surface area contributed by atoms with E-state index in [9.17, 15) is 9.59 Å². The van der Waals surface area contributed by atoms with Crippen molar-refractivity contribution in [3.8, 4) is 5.75 Å². The number of hydrogen-bond acceptors (Lipinski definition) is 4. The molecule has 0 fully saturated rings. The smallest absolute Gasteiger partial charge is 0.170 e. The maximum absolute atomic E-state index is 12.0. The van der Waals surface area contributed by atoms with Gasteiger partial charge in [-0.15, -0.1) is 0 Å². The maximum Gasteiger partial charge on any atom is 0.170 e. The molecule has 0 radical (unpaired) electrons. The Kier molecular flexibility index (Phi) is 6.09. The summed E-state index contributed by atoms with van der Waals surface area (Å²) in [5.41, 5.74) is 5.93. The summed E-state index contributed by atoms with van der Waals surface area (Å²) in [4.78, 5) is 23.5. The number of ketones is 2. The molecule has 4 heteroatoms. The lowest BCUT2D eigenvalue weighted by Gasteiger charge is -2.17. The lowest BCUT2D eigenvalue weighted by molar-refractivity contribution is -0.121. The van der Waals surface area contributed by atoms with Gasteiger partial charge >= 0.3 is 0 Å². The Labute approximate surface area is 126 Å². The first-order valence-corrected chi connectivity index (χ1v) is 7.24. The van der Waals surface area contributed by atoms with Crippen LogP contribution in [0.3, 0.4) is 0 Å². The summed E-state index contributed by atoms with van der Waals surface area (Å²) >= 11 is 0. The molecule has 0 heterocycles. The van der Waals surface area contributed by atoms with Crippen molar-refractivity contribution in [3.63, 3.8) is 0 Å². The van der Waals surface area contributed by atoms with E-state index in [0.29, 0.717) is 30.1 Å². The van der Waals surface area contributed by atoms with E-state index in [1.807, 2.05) is 27.7 Å². The van der Waals surface area contributed by atoms with E-state index in [4.69, 9.17) is 10.5 Å². The second-order valence-electron chi connectivity index (χ2n) is 6.54. The van der Waals surface area contributed by atoms with Crippen LogP contribution in [0.1, 0.15) is 50.9 Å². The Morgan fingerprint density at radius 1 is 1.19 bits per heavy atom. The van der Waals surface area contributed by atoms with Gasteiger partial charge in [-0.25, -0.2) is 0 Å². The van der Waals surface area contributed by atoms with E-state index in [1.54, 1.807) is 24.3 Å². The van der Waals surface area contributed by atoms with Crippen LogP contribution in [0.4, 0.5) is 0 Å². The number of nitrogens with two attached hydrogens (primary N) is 1. The number of Topliss-reactive ketones (excluding diaryl/α,β-unsaturated/α-hetero) is 2. The van der Waals surface area contributed by atoms with Crippen LogP contribution in [0.25, 0.3) is 0 Å². The van der Waals surface area contributed by atoms with Gasteiger partial charge in [0.05, 0.1) is 0 Å². The van der Waals surface area contributed by atoms with Crippen molar-refractivity contribution in [2.24, 2.45) is 11.7 Å². The van der Waals surface area contributed by atoms with Gasteiger partial charge in [0.2, 0.25) is 0 Å². The first-order valence-electron chi connectivity index (χ1n) is 7.24. The molecule has 0 aliphatic carbocycles. The third-order valence-electron chi connectivity index (χ3n) is 2.83. The fourth-order valence-electron chi connectivity index (χ4n) is 1.93. The number of carbonyl (C=O) groups is 2. The molecule has 0 aromatic heterocycles. The molecule has 1 rings (SSSR count). The summed E-state index contributed by atoms with van der Waals surface area (Å²) in [6.07, 6.45) is 0.808. The Balaban J connectivity index is 2.54. The lowest BCUT2D eigenvalue weighted by Crippen LogP contribution is -2.34. The Morgan fingerprint density at radius 3 is 2.24 bits per heavy atom. The zero-order valence-electron chi connectivity index (χ0n) is 13.3. The average molecular weight is 291 g/mol. The zero-order chi connectivity index (χ0) is 16.0. The Morgan fingerprint density at radius 2 is 1.76 bits per heavy atom. The highest BCUT2D eigenvalue weighted by Crippen LogP contribution is 2.16. The lowest BCUT2D eigenvalue weighted by atomic mass is 9.95. The SMILES string of the molecule is CC(C)CC(=O)COc1ccc(C(=O)CC(C)(C)N)cc1. The highest BCUT2D eigenvalue weighted by Gasteiger charge is 2.17. The molecule has 1 aromatic rings. The quantitative estimate of drug-likeness (QED) is 0.748. The number of rotatable bonds is 8. The summed E-state index contributed by atoms with van der Waals surface area (Å²) in [6, 6.07) is 6.82. The molecule has 0 amide bonds. The van der Waals surface area contributed by atoms with E-state index >= 15 is 0 Å². The summed E-state index contributed by atoms with van der Waals surface area (Å²) in [5, 5.41) is 0. The van der Waals surface area contributed by atoms with Gasteiger partial charge in [0.25, 0.3) is 0 Å². The maximum atomic E-state index is 12.0. The molecule has 0 atom stereocenters. The van der Waals surface area contributed by atoms with Gasteiger partial charge < -0.3 is 10.5 Å². The van der Waals surface area contributed by atoms with Crippen molar-refractivity contribution < 1.29 is 14.3 Å². The Bertz CT molecular complexity index is 484. The number of hydrogen-bond donors (Lipinski definition) is 1. The van der Waals surface area contributed by atoms with Crippen molar-refractivity contribution in [2.45, 2.75) is 46.1 Å². The molecule has 0 unspecified atom stereocenters. The van der Waals surface area contributed by atoms with Crippen LogP contribution in [-0.4, -0.2) is 23.7 Å². The van der Waals surface area contributed by atoms with E-state index in [1.165, 1.54) is 0 Å². The first kappa shape index (κ1) is 17.4. The van der Waals surface area contributed by atoms with Crippen molar-refractivity contribution in [3.05, 3.63) is 29.8 Å². The fourth-order valence-corrected chi connectivity index (χ4v) is 1.93. The van der Waals surface area contributed by atoms with Crippen LogP contribution in [0, 0.1) is 5.92 Å². The summed E-state index contributed by atoms with van der Waals surface area (Å²) < 4.78 is 5.42. The predicted molar refractivity (Wildman–Crippen MR) is 83.6 cm³/mol. The van der Waals surface area contributed by atoms with Crippen molar-refractivity contribution in [1.82, 2.24) is 0 Å². The minimum absolute atomic E-state index is 0.00457. The van der Waals surface area contributed by atoms with Gasteiger partial charge in [-0.1, -0.05) is 13.8 Å². The summed E-state index contributed by atoms with van der Waals surface area (Å²) in [5.74, 6) is 1.01. The fraction of sp³-hybridized carbons (Fsp3) is 0.529. The minimum atomic E-state index is -0.518. The van der Waals surface area contributed by atoms with Gasteiger partial charge in [0, 0.05) is 23.9 Å². The second-order valence-corrected chi connectivity index (χ2v) is 6.54. The number of ether oxygens (including phenoxy) is 1. The molecule has 1 aromatic carbocycles. The van der Waals surface area contributed by atoms with Crippen LogP contribution < -0.4 is 10.5 Å². The first-order chi connectivity index (χ1) is 9.67. The van der Waals surface area contributed by atoms with Crippen LogP contribution >= 0.6 is 0 Å². The molecule has 21 heavy (non-hydrogen) atoms. The molecular formula is C17H25NO3. The van der Waals surface area contributed by atoms with Crippen LogP contribution in [-0.2, 0) is 4.79 Å². The van der Waals surface area contributed by atoms with E-state index < -0.39 is 5.54 Å². The third kappa shape index (κ3) is 7.04. The van der Waals surface area contributed by atoms with Crippen LogP contribution in [0.2, 0.25) is 0 Å². The van der Waals surface area contributed by atoms with E-state index in [2.05, 4.69) is 0 Å². The molecule has 4 nitrogen and oxygen atoms in total. The van der Waals surface area contributed by atoms with Gasteiger partial charge in [0.1, 0.15) is 12.4 Å². The summed E-state index contributed by atoms with van der Waals surface area (Å²) in [6.45, 7) is 7.71. The largest absolute Gasteiger partial charge is 0.486 e. The molecule has 0 saturated heterocycles. The monoisotopic (exact) mass is 291 g/mol. The van der Waals surface area contributed by atoms with Crippen LogP contribution in [0.15, 0.2) is 24.3 Å².